The highest BCUT2D eigenvalue weighted by Gasteiger charge is 2.30. The number of unbranched alkanes of at least 4 members (excludes halogenated alkanes) is 2. The molecule has 0 bridgehead atoms. The van der Waals surface area contributed by atoms with Crippen LogP contribution in [0.1, 0.15) is 59.3 Å². The van der Waals surface area contributed by atoms with Crippen molar-refractivity contribution in [2.24, 2.45) is 5.41 Å². The molecule has 4 nitrogen and oxygen atoms in total. The number of carbonyl (C=O) groups is 1. The molecule has 19 heavy (non-hydrogen) atoms. The molecule has 0 spiro atoms. The van der Waals surface area contributed by atoms with Crippen LogP contribution in [0, 0.1) is 5.41 Å². The Morgan fingerprint density at radius 2 is 2.11 bits per heavy atom. The summed E-state index contributed by atoms with van der Waals surface area (Å²) in [6.45, 7) is 8.52. The van der Waals surface area contributed by atoms with Gasteiger partial charge in [-0.25, -0.2) is 4.79 Å². The lowest BCUT2D eigenvalue weighted by molar-refractivity contribution is -0.149. The fourth-order valence-corrected chi connectivity index (χ4v) is 2.55. The van der Waals surface area contributed by atoms with Crippen LogP contribution in [0.4, 0.5) is 0 Å². The van der Waals surface area contributed by atoms with Crippen molar-refractivity contribution in [2.45, 2.75) is 71.5 Å². The maximum atomic E-state index is 10.8. The minimum atomic E-state index is -0.831. The van der Waals surface area contributed by atoms with E-state index in [2.05, 4.69) is 26.1 Å². The molecule has 112 valence electrons. The molecule has 2 atom stereocenters. The van der Waals surface area contributed by atoms with E-state index in [0.717, 1.165) is 19.5 Å². The number of hydrogen-bond donors (Lipinski definition) is 2. The van der Waals surface area contributed by atoms with Crippen molar-refractivity contribution in [1.29, 1.82) is 0 Å². The Balaban J connectivity index is 2.14. The van der Waals surface area contributed by atoms with Crippen LogP contribution >= 0.6 is 0 Å². The molecule has 0 aromatic rings. The molecule has 0 saturated carbocycles. The summed E-state index contributed by atoms with van der Waals surface area (Å²) in [5, 5.41) is 12.3. The molecule has 4 heteroatoms. The molecule has 1 fully saturated rings. The molecule has 1 aliphatic heterocycles. The lowest BCUT2D eigenvalue weighted by Gasteiger charge is -2.26. The topological polar surface area (TPSA) is 58.6 Å². The quantitative estimate of drug-likeness (QED) is 0.633. The Bertz CT molecular complexity index is 279. The minimum Gasteiger partial charge on any atom is -0.479 e. The monoisotopic (exact) mass is 271 g/mol. The molecule has 2 unspecified atom stereocenters. The van der Waals surface area contributed by atoms with E-state index < -0.39 is 12.1 Å². The van der Waals surface area contributed by atoms with Crippen LogP contribution in [0.3, 0.4) is 0 Å². The highest BCUT2D eigenvalue weighted by molar-refractivity contribution is 5.72. The fraction of sp³-hybridized carbons (Fsp3) is 0.933. The van der Waals surface area contributed by atoms with E-state index >= 15 is 0 Å². The predicted octanol–water partition coefficient (Wildman–Crippen LogP) is 2.81. The van der Waals surface area contributed by atoms with Gasteiger partial charge in [0.2, 0.25) is 0 Å². The summed E-state index contributed by atoms with van der Waals surface area (Å²) in [5.74, 6) is -0.831. The normalized spacial score (nSPS) is 23.7. The number of hydrogen-bond acceptors (Lipinski definition) is 3. The first-order chi connectivity index (χ1) is 8.94. The Morgan fingerprint density at radius 3 is 2.68 bits per heavy atom. The van der Waals surface area contributed by atoms with Gasteiger partial charge in [0.15, 0.2) is 6.10 Å². The van der Waals surface area contributed by atoms with E-state index in [0.29, 0.717) is 11.8 Å². The second-order valence-corrected chi connectivity index (χ2v) is 6.41. The first-order valence-electron chi connectivity index (χ1n) is 7.53. The van der Waals surface area contributed by atoms with E-state index in [1.165, 1.54) is 25.7 Å². The smallest absolute Gasteiger partial charge is 0.332 e. The Hall–Kier alpha value is -0.610. The molecule has 1 saturated heterocycles. The van der Waals surface area contributed by atoms with Crippen molar-refractivity contribution >= 4 is 5.97 Å². The van der Waals surface area contributed by atoms with Crippen molar-refractivity contribution in [3.63, 3.8) is 0 Å². The summed E-state index contributed by atoms with van der Waals surface area (Å²) < 4.78 is 5.47. The van der Waals surface area contributed by atoms with E-state index in [1.54, 1.807) is 0 Å². The SMILES string of the molecule is CCCCCC(C)(C)CNCC1CCC(C(=O)O)O1. The first-order valence-corrected chi connectivity index (χ1v) is 7.53. The van der Waals surface area contributed by atoms with Crippen LogP contribution in [-0.4, -0.2) is 36.4 Å². The van der Waals surface area contributed by atoms with Gasteiger partial charge in [0, 0.05) is 13.1 Å². The molecule has 1 rings (SSSR count). The summed E-state index contributed by atoms with van der Waals surface area (Å²) in [5.41, 5.74) is 0.306. The van der Waals surface area contributed by atoms with E-state index in [9.17, 15) is 4.79 Å². The maximum absolute atomic E-state index is 10.8. The molecule has 0 amide bonds. The molecule has 1 aliphatic rings. The van der Waals surface area contributed by atoms with Gasteiger partial charge >= 0.3 is 5.97 Å². The van der Waals surface area contributed by atoms with Gasteiger partial charge in [0.05, 0.1) is 6.10 Å². The average molecular weight is 271 g/mol. The summed E-state index contributed by atoms with van der Waals surface area (Å²) >= 11 is 0. The molecule has 0 aromatic heterocycles. The first kappa shape index (κ1) is 16.4. The summed E-state index contributed by atoms with van der Waals surface area (Å²) in [7, 11) is 0. The second kappa shape index (κ2) is 7.85. The third-order valence-corrected chi connectivity index (χ3v) is 3.82. The molecular formula is C15H29NO3. The van der Waals surface area contributed by atoms with Crippen molar-refractivity contribution in [2.75, 3.05) is 13.1 Å². The third kappa shape index (κ3) is 6.39. The van der Waals surface area contributed by atoms with Crippen LogP contribution in [0.5, 0.6) is 0 Å². The van der Waals surface area contributed by atoms with Crippen molar-refractivity contribution in [3.8, 4) is 0 Å². The van der Waals surface area contributed by atoms with Crippen molar-refractivity contribution in [1.82, 2.24) is 5.32 Å². The van der Waals surface area contributed by atoms with Gasteiger partial charge < -0.3 is 15.2 Å². The van der Waals surface area contributed by atoms with E-state index in [1.807, 2.05) is 0 Å². The van der Waals surface area contributed by atoms with Crippen molar-refractivity contribution in [3.05, 3.63) is 0 Å². The standard InChI is InChI=1S/C15H29NO3/c1-4-5-6-9-15(2,3)11-16-10-12-7-8-13(19-12)14(17)18/h12-13,16H,4-11H2,1-3H3,(H,17,18). The number of nitrogens with one attached hydrogen (secondary N) is 1. The molecule has 2 N–H and O–H groups in total. The van der Waals surface area contributed by atoms with Crippen LogP contribution in [0.2, 0.25) is 0 Å². The van der Waals surface area contributed by atoms with Crippen LogP contribution in [0.25, 0.3) is 0 Å². The second-order valence-electron chi connectivity index (χ2n) is 6.41. The van der Waals surface area contributed by atoms with Gasteiger partial charge in [-0.2, -0.15) is 0 Å². The summed E-state index contributed by atoms with van der Waals surface area (Å²) in [6.07, 6.45) is 6.04. The van der Waals surface area contributed by atoms with Crippen LogP contribution in [-0.2, 0) is 9.53 Å². The van der Waals surface area contributed by atoms with Gasteiger partial charge in [-0.1, -0.05) is 40.0 Å². The van der Waals surface area contributed by atoms with Gasteiger partial charge in [0.1, 0.15) is 0 Å². The van der Waals surface area contributed by atoms with Crippen LogP contribution in [0.15, 0.2) is 0 Å². The number of rotatable bonds is 9. The van der Waals surface area contributed by atoms with Gasteiger partial charge in [0.25, 0.3) is 0 Å². The number of ether oxygens (including phenoxy) is 1. The molecule has 0 aliphatic carbocycles. The molecular weight excluding hydrogens is 242 g/mol. The fourth-order valence-electron chi connectivity index (χ4n) is 2.55. The highest BCUT2D eigenvalue weighted by atomic mass is 16.5. The lowest BCUT2D eigenvalue weighted by atomic mass is 9.87. The predicted molar refractivity (Wildman–Crippen MR) is 76.3 cm³/mol. The number of carboxylic acid groups (broad SMARTS) is 1. The third-order valence-electron chi connectivity index (χ3n) is 3.82. The zero-order valence-electron chi connectivity index (χ0n) is 12.6. The van der Waals surface area contributed by atoms with Crippen molar-refractivity contribution < 1.29 is 14.6 Å². The number of carboxylic acids is 1. The Morgan fingerprint density at radius 1 is 1.37 bits per heavy atom. The minimum absolute atomic E-state index is 0.0625. The molecule has 0 radical (unpaired) electrons. The summed E-state index contributed by atoms with van der Waals surface area (Å²) in [6, 6.07) is 0. The average Bonchev–Trinajstić information content (AvgIpc) is 2.78. The zero-order valence-corrected chi connectivity index (χ0v) is 12.6. The van der Waals surface area contributed by atoms with Crippen LogP contribution < -0.4 is 5.32 Å². The molecule has 1 heterocycles. The van der Waals surface area contributed by atoms with E-state index in [4.69, 9.17) is 9.84 Å². The van der Waals surface area contributed by atoms with Gasteiger partial charge in [-0.05, 0) is 24.7 Å². The maximum Gasteiger partial charge on any atom is 0.332 e. The zero-order chi connectivity index (χ0) is 14.3. The van der Waals surface area contributed by atoms with Gasteiger partial charge in [-0.15, -0.1) is 0 Å². The van der Waals surface area contributed by atoms with E-state index in [-0.39, 0.29) is 6.10 Å². The van der Waals surface area contributed by atoms with Gasteiger partial charge in [-0.3, -0.25) is 0 Å². The Labute approximate surface area is 116 Å². The Kier molecular flexibility index (Phi) is 6.80. The largest absolute Gasteiger partial charge is 0.479 e. The lowest BCUT2D eigenvalue weighted by Crippen LogP contribution is -2.35. The molecule has 0 aromatic carbocycles. The highest BCUT2D eigenvalue weighted by Crippen LogP contribution is 2.23. The number of aliphatic carboxylic acids is 1. The summed E-state index contributed by atoms with van der Waals surface area (Å²) in [4.78, 5) is 10.8.